The van der Waals surface area contributed by atoms with Gasteiger partial charge in [-0.15, -0.1) is 11.3 Å². The number of aromatic nitrogens is 2. The van der Waals surface area contributed by atoms with Gasteiger partial charge in [0.15, 0.2) is 0 Å². The van der Waals surface area contributed by atoms with Gasteiger partial charge in [-0.3, -0.25) is 14.2 Å². The van der Waals surface area contributed by atoms with Gasteiger partial charge in [-0.25, -0.2) is 9.78 Å². The molecule has 2 aromatic heterocycles. The number of amides is 1. The molecule has 1 aliphatic carbocycles. The van der Waals surface area contributed by atoms with Gasteiger partial charge in [0, 0.05) is 16.1 Å². The van der Waals surface area contributed by atoms with Crippen molar-refractivity contribution >= 4 is 39.1 Å². The zero-order chi connectivity index (χ0) is 22.9. The third-order valence-corrected chi connectivity index (χ3v) is 7.01. The molecule has 5 rings (SSSR count). The molecule has 2 N–H and O–H groups in total. The summed E-state index contributed by atoms with van der Waals surface area (Å²) in [4.78, 5) is 44.4. The van der Waals surface area contributed by atoms with Gasteiger partial charge in [-0.1, -0.05) is 30.3 Å². The summed E-state index contributed by atoms with van der Waals surface area (Å²) in [6, 6.07) is 15.3. The van der Waals surface area contributed by atoms with Crippen LogP contribution in [0.3, 0.4) is 0 Å². The summed E-state index contributed by atoms with van der Waals surface area (Å²) in [6.07, 6.45) is 3.98. The van der Waals surface area contributed by atoms with E-state index >= 15 is 0 Å². The standard InChI is InChI=1S/C25H21N3O4S/c29-20(26-17-12-10-16(11-13-17)25(31)32)14-28-22(15-6-2-1-3-7-15)27-23-21(24(28)30)18-8-4-5-9-19(18)33-23/h1-3,6-7,10-13H,4-5,8-9,14H2,(H,26,29)(H,31,32). The molecule has 0 aliphatic heterocycles. The third kappa shape index (κ3) is 4.05. The van der Waals surface area contributed by atoms with Crippen LogP contribution in [0.25, 0.3) is 21.6 Å². The molecule has 0 atom stereocenters. The lowest BCUT2D eigenvalue weighted by Crippen LogP contribution is -2.30. The number of fused-ring (bicyclic) bond motifs is 3. The van der Waals surface area contributed by atoms with E-state index in [4.69, 9.17) is 10.1 Å². The Morgan fingerprint density at radius 2 is 1.76 bits per heavy atom. The second-order valence-corrected chi connectivity index (χ2v) is 9.10. The minimum absolute atomic E-state index is 0.132. The molecule has 2 aromatic carbocycles. The molecule has 4 aromatic rings. The van der Waals surface area contributed by atoms with Crippen molar-refractivity contribution < 1.29 is 14.7 Å². The molecule has 0 saturated carbocycles. The van der Waals surface area contributed by atoms with E-state index < -0.39 is 5.97 Å². The average Bonchev–Trinajstić information content (AvgIpc) is 3.20. The predicted molar refractivity (Wildman–Crippen MR) is 128 cm³/mol. The van der Waals surface area contributed by atoms with Crippen molar-refractivity contribution in [2.75, 3.05) is 5.32 Å². The van der Waals surface area contributed by atoms with E-state index in [1.54, 1.807) is 11.3 Å². The Balaban J connectivity index is 1.55. The van der Waals surface area contributed by atoms with E-state index in [0.29, 0.717) is 16.9 Å². The maximum absolute atomic E-state index is 13.6. The molecular weight excluding hydrogens is 438 g/mol. The van der Waals surface area contributed by atoms with Crippen molar-refractivity contribution in [2.24, 2.45) is 0 Å². The third-order valence-electron chi connectivity index (χ3n) is 5.82. The maximum Gasteiger partial charge on any atom is 0.335 e. The largest absolute Gasteiger partial charge is 0.478 e. The van der Waals surface area contributed by atoms with Crippen LogP contribution in [0.2, 0.25) is 0 Å². The molecule has 0 unspecified atom stereocenters. The van der Waals surface area contributed by atoms with E-state index in [2.05, 4.69) is 5.32 Å². The Morgan fingerprint density at radius 3 is 2.48 bits per heavy atom. The molecule has 33 heavy (non-hydrogen) atoms. The summed E-state index contributed by atoms with van der Waals surface area (Å²) >= 11 is 1.58. The number of hydrogen-bond donors (Lipinski definition) is 2. The number of rotatable bonds is 5. The Hall–Kier alpha value is -3.78. The van der Waals surface area contributed by atoms with Gasteiger partial charge in [0.05, 0.1) is 10.9 Å². The zero-order valence-corrected chi connectivity index (χ0v) is 18.5. The summed E-state index contributed by atoms with van der Waals surface area (Å²) in [5, 5.41) is 12.4. The van der Waals surface area contributed by atoms with E-state index in [-0.39, 0.29) is 23.6 Å². The van der Waals surface area contributed by atoms with Gasteiger partial charge < -0.3 is 10.4 Å². The second-order valence-electron chi connectivity index (χ2n) is 8.01. The second kappa shape index (κ2) is 8.63. The van der Waals surface area contributed by atoms with Crippen molar-refractivity contribution in [1.29, 1.82) is 0 Å². The van der Waals surface area contributed by atoms with Crippen LogP contribution in [0.15, 0.2) is 59.4 Å². The van der Waals surface area contributed by atoms with Crippen LogP contribution in [-0.4, -0.2) is 26.5 Å². The summed E-state index contributed by atoms with van der Waals surface area (Å²) < 4.78 is 1.44. The molecule has 8 heteroatoms. The van der Waals surface area contributed by atoms with Crippen LogP contribution in [0.5, 0.6) is 0 Å². The zero-order valence-electron chi connectivity index (χ0n) is 17.7. The molecule has 166 valence electrons. The first-order valence-corrected chi connectivity index (χ1v) is 11.6. The highest BCUT2D eigenvalue weighted by molar-refractivity contribution is 7.18. The number of hydrogen-bond acceptors (Lipinski definition) is 5. The van der Waals surface area contributed by atoms with Crippen LogP contribution in [0.4, 0.5) is 5.69 Å². The van der Waals surface area contributed by atoms with Gasteiger partial charge >= 0.3 is 5.97 Å². The molecule has 1 amide bonds. The summed E-state index contributed by atoms with van der Waals surface area (Å²) in [7, 11) is 0. The molecule has 0 spiro atoms. The van der Waals surface area contributed by atoms with Crippen molar-refractivity contribution in [3.05, 3.63) is 81.0 Å². The fraction of sp³-hybridized carbons (Fsp3) is 0.200. The number of aromatic carboxylic acids is 1. The van der Waals surface area contributed by atoms with Crippen molar-refractivity contribution in [3.63, 3.8) is 0 Å². The van der Waals surface area contributed by atoms with Crippen molar-refractivity contribution in [2.45, 2.75) is 32.2 Å². The minimum atomic E-state index is -1.04. The fourth-order valence-corrected chi connectivity index (χ4v) is 5.48. The Labute approximate surface area is 193 Å². The predicted octanol–water partition coefficient (Wildman–Crippen LogP) is 4.34. The first kappa shape index (κ1) is 21.1. The van der Waals surface area contributed by atoms with E-state index in [1.807, 2.05) is 30.3 Å². The van der Waals surface area contributed by atoms with Crippen molar-refractivity contribution in [1.82, 2.24) is 9.55 Å². The number of carboxylic acids is 1. The summed E-state index contributed by atoms with van der Waals surface area (Å²) in [5.41, 5.74) is 2.24. The lowest BCUT2D eigenvalue weighted by Gasteiger charge is -2.14. The number of benzene rings is 2. The number of carbonyl (C=O) groups is 2. The topological polar surface area (TPSA) is 101 Å². The van der Waals surface area contributed by atoms with Crippen LogP contribution in [0.1, 0.15) is 33.6 Å². The SMILES string of the molecule is O=C(Cn1c(-c2ccccc2)nc2sc3c(c2c1=O)CCCC3)Nc1ccc(C(=O)O)cc1. The van der Waals surface area contributed by atoms with Gasteiger partial charge in [-0.2, -0.15) is 0 Å². The number of aryl methyl sites for hydroxylation is 2. The van der Waals surface area contributed by atoms with E-state index in [1.165, 1.54) is 33.7 Å². The number of nitrogens with zero attached hydrogens (tertiary/aromatic N) is 2. The van der Waals surface area contributed by atoms with Crippen molar-refractivity contribution in [3.8, 4) is 11.4 Å². The normalized spacial score (nSPS) is 13.0. The quantitative estimate of drug-likeness (QED) is 0.462. The molecule has 0 saturated heterocycles. The Morgan fingerprint density at radius 1 is 1.03 bits per heavy atom. The number of thiophene rings is 1. The van der Waals surface area contributed by atoms with Crippen LogP contribution < -0.4 is 10.9 Å². The number of carboxylic acid groups (broad SMARTS) is 1. The number of carbonyl (C=O) groups excluding carboxylic acids is 1. The molecule has 1 aliphatic rings. The Bertz CT molecular complexity index is 1420. The summed E-state index contributed by atoms with van der Waals surface area (Å²) in [5.74, 6) is -0.962. The highest BCUT2D eigenvalue weighted by atomic mass is 32.1. The smallest absolute Gasteiger partial charge is 0.335 e. The molecule has 0 fully saturated rings. The highest BCUT2D eigenvalue weighted by Gasteiger charge is 2.23. The monoisotopic (exact) mass is 459 g/mol. The maximum atomic E-state index is 13.6. The molecule has 2 heterocycles. The first-order chi connectivity index (χ1) is 16.0. The van der Waals surface area contributed by atoms with Crippen LogP contribution in [0, 0.1) is 0 Å². The van der Waals surface area contributed by atoms with Gasteiger partial charge in [-0.05, 0) is 55.5 Å². The molecular formula is C25H21N3O4S. The number of anilines is 1. The van der Waals surface area contributed by atoms with Gasteiger partial charge in [0.1, 0.15) is 17.2 Å². The lowest BCUT2D eigenvalue weighted by molar-refractivity contribution is -0.116. The average molecular weight is 460 g/mol. The molecule has 0 bridgehead atoms. The van der Waals surface area contributed by atoms with Gasteiger partial charge in [0.25, 0.3) is 5.56 Å². The molecule has 7 nitrogen and oxygen atoms in total. The van der Waals surface area contributed by atoms with Gasteiger partial charge in [0.2, 0.25) is 5.91 Å². The summed E-state index contributed by atoms with van der Waals surface area (Å²) in [6.45, 7) is -0.197. The van der Waals surface area contributed by atoms with Crippen LogP contribution >= 0.6 is 11.3 Å². The Kier molecular flexibility index (Phi) is 5.51. The van der Waals surface area contributed by atoms with E-state index in [0.717, 1.165) is 41.6 Å². The van der Waals surface area contributed by atoms with Crippen LogP contribution in [-0.2, 0) is 24.2 Å². The van der Waals surface area contributed by atoms with E-state index in [9.17, 15) is 14.4 Å². The first-order valence-electron chi connectivity index (χ1n) is 10.7. The highest BCUT2D eigenvalue weighted by Crippen LogP contribution is 2.34. The fourth-order valence-electron chi connectivity index (χ4n) is 4.23. The minimum Gasteiger partial charge on any atom is -0.478 e. The number of nitrogens with one attached hydrogen (secondary N) is 1. The lowest BCUT2D eigenvalue weighted by atomic mass is 9.97. The molecule has 0 radical (unpaired) electrons.